The molecule has 0 spiro atoms. The van der Waals surface area contributed by atoms with E-state index in [9.17, 15) is 23.9 Å². The quantitative estimate of drug-likeness (QED) is 0.434. The minimum atomic E-state index is -1.05. The van der Waals surface area contributed by atoms with Crippen molar-refractivity contribution < 1.29 is 28.6 Å². The molecular weight excluding hydrogens is 447 g/mol. The van der Waals surface area contributed by atoms with E-state index in [1.165, 1.54) is 37.1 Å². The van der Waals surface area contributed by atoms with Gasteiger partial charge in [0.2, 0.25) is 0 Å². The van der Waals surface area contributed by atoms with Crippen molar-refractivity contribution in [3.63, 3.8) is 0 Å². The van der Waals surface area contributed by atoms with Crippen LogP contribution in [0.15, 0.2) is 35.3 Å². The molecule has 4 rings (SSSR count). The molecule has 2 aromatic heterocycles. The summed E-state index contributed by atoms with van der Waals surface area (Å²) in [6, 6.07) is 5.84. The highest BCUT2D eigenvalue weighted by molar-refractivity contribution is 6.02. The first-order valence-electron chi connectivity index (χ1n) is 10.5. The number of rotatable bonds is 7. The normalized spacial score (nSPS) is 14.5. The van der Waals surface area contributed by atoms with Gasteiger partial charge in [0.25, 0.3) is 17.4 Å². The van der Waals surface area contributed by atoms with Crippen LogP contribution in [0, 0.1) is 5.82 Å². The van der Waals surface area contributed by atoms with Crippen molar-refractivity contribution in [1.82, 2.24) is 20.2 Å². The van der Waals surface area contributed by atoms with E-state index < -0.39 is 34.8 Å². The maximum absolute atomic E-state index is 13.3. The summed E-state index contributed by atoms with van der Waals surface area (Å²) in [5.41, 5.74) is 0.180. The van der Waals surface area contributed by atoms with Crippen molar-refractivity contribution in [1.29, 1.82) is 0 Å². The fourth-order valence-corrected chi connectivity index (χ4v) is 3.86. The Bertz CT molecular complexity index is 1320. The maximum Gasteiger partial charge on any atom is 0.268 e. The Morgan fingerprint density at radius 3 is 2.74 bits per heavy atom. The molecule has 1 unspecified atom stereocenters. The van der Waals surface area contributed by atoms with E-state index in [4.69, 9.17) is 9.47 Å². The predicted molar refractivity (Wildman–Crippen MR) is 120 cm³/mol. The monoisotopic (exact) mass is 470 g/mol. The van der Waals surface area contributed by atoms with Crippen LogP contribution in [0.5, 0.6) is 11.5 Å². The summed E-state index contributed by atoms with van der Waals surface area (Å²) in [5.74, 6) is -2.02. The van der Waals surface area contributed by atoms with E-state index in [2.05, 4.69) is 15.6 Å². The fourth-order valence-electron chi connectivity index (χ4n) is 3.86. The smallest absolute Gasteiger partial charge is 0.268 e. The van der Waals surface area contributed by atoms with Crippen molar-refractivity contribution >= 4 is 22.8 Å². The zero-order valence-corrected chi connectivity index (χ0v) is 18.6. The number of methoxy groups -OCH3 is 1. The third kappa shape index (κ3) is 4.17. The van der Waals surface area contributed by atoms with Gasteiger partial charge in [-0.25, -0.2) is 4.39 Å². The first kappa shape index (κ1) is 23.2. The number of pyridine rings is 2. The second kappa shape index (κ2) is 9.48. The van der Waals surface area contributed by atoms with Crippen molar-refractivity contribution in [3.8, 4) is 11.5 Å². The number of aromatic hydroxyl groups is 1. The number of likely N-dealkylation sites (N-methyl/N-ethyl adjacent to an activating group) is 1. The molecule has 0 bridgehead atoms. The zero-order valence-electron chi connectivity index (χ0n) is 18.6. The van der Waals surface area contributed by atoms with Gasteiger partial charge in [0.1, 0.15) is 22.4 Å². The Hall–Kier alpha value is -3.99. The van der Waals surface area contributed by atoms with Crippen molar-refractivity contribution in [2.45, 2.75) is 19.1 Å². The van der Waals surface area contributed by atoms with Gasteiger partial charge in [-0.15, -0.1) is 0 Å². The fraction of sp³-hybridized carbons (Fsp3) is 0.304. The van der Waals surface area contributed by atoms with Gasteiger partial charge in [-0.2, -0.15) is 0 Å². The molecule has 0 saturated carbocycles. The average Bonchev–Trinajstić information content (AvgIpc) is 2.84. The summed E-state index contributed by atoms with van der Waals surface area (Å²) in [6.45, 7) is 0.170. The number of aromatic nitrogens is 2. The third-order valence-electron chi connectivity index (χ3n) is 5.54. The van der Waals surface area contributed by atoms with Crippen molar-refractivity contribution in [2.24, 2.45) is 0 Å². The Labute approximate surface area is 193 Å². The first-order valence-corrected chi connectivity index (χ1v) is 10.5. The number of carbonyl (C=O) groups is 2. The van der Waals surface area contributed by atoms with E-state index >= 15 is 0 Å². The molecular formula is C23H23FN4O6. The Morgan fingerprint density at radius 2 is 2.06 bits per heavy atom. The third-order valence-corrected chi connectivity index (χ3v) is 5.54. The van der Waals surface area contributed by atoms with Crippen LogP contribution in [0.1, 0.15) is 21.5 Å². The van der Waals surface area contributed by atoms with E-state index in [0.29, 0.717) is 5.56 Å². The van der Waals surface area contributed by atoms with Gasteiger partial charge in [0.15, 0.2) is 17.6 Å². The maximum atomic E-state index is 13.3. The number of nitrogens with one attached hydrogen (secondary N) is 2. The average molecular weight is 470 g/mol. The summed E-state index contributed by atoms with van der Waals surface area (Å²) < 4.78 is 25.4. The van der Waals surface area contributed by atoms with Crippen LogP contribution in [0.25, 0.3) is 11.0 Å². The Kier molecular flexibility index (Phi) is 6.46. The largest absolute Gasteiger partial charge is 0.505 e. The number of nitrogens with zero attached hydrogens (tertiary/aromatic N) is 2. The molecule has 10 nitrogen and oxygen atoms in total. The van der Waals surface area contributed by atoms with Crippen LogP contribution < -0.4 is 20.9 Å². The molecule has 0 fully saturated rings. The van der Waals surface area contributed by atoms with Gasteiger partial charge in [-0.3, -0.25) is 23.9 Å². The van der Waals surface area contributed by atoms with Crippen molar-refractivity contribution in [2.75, 3.05) is 27.3 Å². The summed E-state index contributed by atoms with van der Waals surface area (Å²) in [4.78, 5) is 42.7. The minimum Gasteiger partial charge on any atom is -0.505 e. The number of hydrogen-bond donors (Lipinski definition) is 3. The number of hydrogen-bond acceptors (Lipinski definition) is 7. The molecule has 1 atom stereocenters. The number of amides is 2. The Morgan fingerprint density at radius 1 is 1.32 bits per heavy atom. The molecule has 3 heterocycles. The molecule has 3 N–H and O–H groups in total. The standard InChI is InChI=1S/C23H23FN4O6/c1-25-21(30)15-11-28-18-17(19(29)16(23(28)32)22(31)26-7-8-33-2)27-10-13(20(18)34-15)9-12-3-5-14(24)6-4-12/h3-6,10,15,29H,7-9,11H2,1-2H3,(H,25,30)(H,26,31). The van der Waals surface area contributed by atoms with Crippen LogP contribution in [0.2, 0.25) is 0 Å². The summed E-state index contributed by atoms with van der Waals surface area (Å²) in [6.07, 6.45) is 0.656. The zero-order chi connectivity index (χ0) is 24.4. The lowest BCUT2D eigenvalue weighted by Gasteiger charge is -2.28. The highest BCUT2D eigenvalue weighted by atomic mass is 19.1. The summed E-state index contributed by atoms with van der Waals surface area (Å²) >= 11 is 0. The van der Waals surface area contributed by atoms with Crippen LogP contribution in [-0.2, 0) is 22.5 Å². The molecule has 1 aromatic carbocycles. The molecule has 0 aliphatic carbocycles. The Balaban J connectivity index is 1.88. The molecule has 3 aromatic rings. The van der Waals surface area contributed by atoms with Gasteiger partial charge < -0.3 is 25.2 Å². The highest BCUT2D eigenvalue weighted by Gasteiger charge is 2.34. The molecule has 34 heavy (non-hydrogen) atoms. The van der Waals surface area contributed by atoms with Gasteiger partial charge in [0, 0.05) is 38.9 Å². The molecule has 1 aliphatic rings. The second-order valence-corrected chi connectivity index (χ2v) is 7.72. The van der Waals surface area contributed by atoms with Gasteiger partial charge >= 0.3 is 0 Å². The lowest BCUT2D eigenvalue weighted by atomic mass is 10.0. The van der Waals surface area contributed by atoms with Crippen LogP contribution in [-0.4, -0.2) is 59.9 Å². The van der Waals surface area contributed by atoms with Crippen LogP contribution in [0.4, 0.5) is 4.39 Å². The number of benzene rings is 1. The van der Waals surface area contributed by atoms with Crippen molar-refractivity contribution in [3.05, 3.63) is 63.3 Å². The second-order valence-electron chi connectivity index (χ2n) is 7.72. The lowest BCUT2D eigenvalue weighted by molar-refractivity contribution is -0.128. The van der Waals surface area contributed by atoms with E-state index in [-0.39, 0.29) is 48.7 Å². The van der Waals surface area contributed by atoms with E-state index in [1.807, 2.05) is 0 Å². The molecule has 1 aliphatic heterocycles. The van der Waals surface area contributed by atoms with E-state index in [1.54, 1.807) is 12.1 Å². The van der Waals surface area contributed by atoms with Gasteiger partial charge in [0.05, 0.1) is 13.2 Å². The first-order chi connectivity index (χ1) is 16.3. The number of halogens is 1. The minimum absolute atomic E-state index is 0.00953. The SMILES string of the molecule is CNC(=O)C1Cn2c(=O)c(C(=O)NCCOC)c(O)c3ncc(Cc4ccc(F)cc4)c(c32)O1. The van der Waals surface area contributed by atoms with Crippen LogP contribution in [0.3, 0.4) is 0 Å². The number of carbonyl (C=O) groups excluding carboxylic acids is 2. The molecule has 2 amide bonds. The molecule has 11 heteroatoms. The molecule has 178 valence electrons. The molecule has 0 saturated heterocycles. The summed E-state index contributed by atoms with van der Waals surface area (Å²) in [5, 5.41) is 15.8. The predicted octanol–water partition coefficient (Wildman–Crippen LogP) is 0.715. The van der Waals surface area contributed by atoms with E-state index in [0.717, 1.165) is 5.56 Å². The summed E-state index contributed by atoms with van der Waals surface area (Å²) in [7, 11) is 2.91. The number of ether oxygens (including phenoxy) is 2. The van der Waals surface area contributed by atoms with Gasteiger partial charge in [-0.1, -0.05) is 12.1 Å². The highest BCUT2D eigenvalue weighted by Crippen LogP contribution is 2.37. The topological polar surface area (TPSA) is 132 Å². The lowest BCUT2D eigenvalue weighted by Crippen LogP contribution is -2.45. The molecule has 0 radical (unpaired) electrons. The van der Waals surface area contributed by atoms with Crippen LogP contribution >= 0.6 is 0 Å². The van der Waals surface area contributed by atoms with Gasteiger partial charge in [-0.05, 0) is 17.7 Å².